The minimum atomic E-state index is -0.782. The van der Waals surface area contributed by atoms with E-state index in [-0.39, 0.29) is 23.4 Å². The molecule has 4 atom stereocenters. The largest absolute Gasteiger partial charge is 0.474 e. The number of hydrogen-bond donors (Lipinski definition) is 1. The second-order valence-corrected chi connectivity index (χ2v) is 6.87. The lowest BCUT2D eigenvalue weighted by Gasteiger charge is -2.35. The standard InChI is InChI=1S/C18H26N2O4/c1-11-8-9-17(16(10-11)20(22)23)24-14(4)18(21)19-15-7-5-6-12(2)13(15)3/h8-10,12-15H,5-7H2,1-4H3,(H,19,21)/t12-,13-,14+,15+/m0/s1. The molecule has 0 unspecified atom stereocenters. The highest BCUT2D eigenvalue weighted by Gasteiger charge is 2.30. The van der Waals surface area contributed by atoms with Crippen molar-refractivity contribution in [3.05, 3.63) is 33.9 Å². The fourth-order valence-electron chi connectivity index (χ4n) is 3.20. The van der Waals surface area contributed by atoms with Crippen LogP contribution in [0.15, 0.2) is 18.2 Å². The number of carbonyl (C=O) groups excluding carboxylic acids is 1. The summed E-state index contributed by atoms with van der Waals surface area (Å²) in [6.07, 6.45) is 2.48. The van der Waals surface area contributed by atoms with E-state index >= 15 is 0 Å². The Labute approximate surface area is 142 Å². The molecule has 6 nitrogen and oxygen atoms in total. The fraction of sp³-hybridized carbons (Fsp3) is 0.611. The maximum Gasteiger partial charge on any atom is 0.311 e. The van der Waals surface area contributed by atoms with Gasteiger partial charge in [-0.25, -0.2) is 0 Å². The molecule has 0 bridgehead atoms. The third-order valence-corrected chi connectivity index (χ3v) is 5.02. The average Bonchev–Trinajstić information content (AvgIpc) is 2.53. The summed E-state index contributed by atoms with van der Waals surface area (Å²) in [6, 6.07) is 4.87. The molecule has 0 aliphatic heterocycles. The SMILES string of the molecule is Cc1ccc(O[C@H](C)C(=O)N[C@@H]2CCC[C@H](C)[C@@H]2C)c([N+](=O)[O-])c1. The van der Waals surface area contributed by atoms with Gasteiger partial charge in [0.2, 0.25) is 0 Å². The van der Waals surface area contributed by atoms with Gasteiger partial charge < -0.3 is 10.1 Å². The smallest absolute Gasteiger partial charge is 0.311 e. The van der Waals surface area contributed by atoms with Crippen LogP contribution in [-0.2, 0) is 4.79 Å². The molecular weight excluding hydrogens is 308 g/mol. The molecule has 1 aliphatic carbocycles. The molecule has 0 aromatic heterocycles. The van der Waals surface area contributed by atoms with Gasteiger partial charge in [-0.2, -0.15) is 0 Å². The van der Waals surface area contributed by atoms with Gasteiger partial charge in [0.15, 0.2) is 11.9 Å². The van der Waals surface area contributed by atoms with Crippen molar-refractivity contribution in [2.75, 3.05) is 0 Å². The zero-order chi connectivity index (χ0) is 17.9. The van der Waals surface area contributed by atoms with Gasteiger partial charge >= 0.3 is 5.69 Å². The van der Waals surface area contributed by atoms with Crippen LogP contribution in [0.5, 0.6) is 5.75 Å². The predicted octanol–water partition coefficient (Wildman–Crippen LogP) is 3.61. The Morgan fingerprint density at radius 3 is 2.75 bits per heavy atom. The molecule has 1 amide bonds. The van der Waals surface area contributed by atoms with Crippen LogP contribution in [0.4, 0.5) is 5.69 Å². The Hall–Kier alpha value is -2.11. The summed E-state index contributed by atoms with van der Waals surface area (Å²) in [5.74, 6) is 0.899. The van der Waals surface area contributed by atoms with Gasteiger partial charge in [0, 0.05) is 12.1 Å². The summed E-state index contributed by atoms with van der Waals surface area (Å²) in [6.45, 7) is 7.76. The van der Waals surface area contributed by atoms with Crippen molar-refractivity contribution < 1.29 is 14.5 Å². The van der Waals surface area contributed by atoms with Gasteiger partial charge in [-0.15, -0.1) is 0 Å². The molecule has 1 saturated carbocycles. The highest BCUT2D eigenvalue weighted by atomic mass is 16.6. The topological polar surface area (TPSA) is 81.5 Å². The molecular formula is C18H26N2O4. The van der Waals surface area contributed by atoms with E-state index in [0.29, 0.717) is 11.8 Å². The third kappa shape index (κ3) is 4.24. The van der Waals surface area contributed by atoms with Crippen LogP contribution in [0.3, 0.4) is 0 Å². The molecule has 132 valence electrons. The summed E-state index contributed by atoms with van der Waals surface area (Å²) in [5.41, 5.74) is 0.658. The van der Waals surface area contributed by atoms with Crippen molar-refractivity contribution >= 4 is 11.6 Å². The van der Waals surface area contributed by atoms with E-state index in [1.54, 1.807) is 26.0 Å². The summed E-state index contributed by atoms with van der Waals surface area (Å²) in [4.78, 5) is 23.1. The molecule has 0 heterocycles. The van der Waals surface area contributed by atoms with Gasteiger partial charge in [0.25, 0.3) is 5.91 Å². The number of carbonyl (C=O) groups is 1. The molecule has 1 N–H and O–H groups in total. The first-order valence-corrected chi connectivity index (χ1v) is 8.51. The molecule has 0 saturated heterocycles. The number of aryl methyl sites for hydroxylation is 1. The molecule has 1 aromatic rings. The zero-order valence-corrected chi connectivity index (χ0v) is 14.7. The number of nitrogens with one attached hydrogen (secondary N) is 1. The van der Waals surface area contributed by atoms with E-state index in [0.717, 1.165) is 18.4 Å². The van der Waals surface area contributed by atoms with Crippen molar-refractivity contribution in [1.29, 1.82) is 0 Å². The second-order valence-electron chi connectivity index (χ2n) is 6.87. The summed E-state index contributed by atoms with van der Waals surface area (Å²) >= 11 is 0. The van der Waals surface area contributed by atoms with Crippen LogP contribution in [0, 0.1) is 28.9 Å². The van der Waals surface area contributed by atoms with Crippen LogP contribution >= 0.6 is 0 Å². The van der Waals surface area contributed by atoms with Crippen molar-refractivity contribution in [3.63, 3.8) is 0 Å². The highest BCUT2D eigenvalue weighted by molar-refractivity contribution is 5.81. The lowest BCUT2D eigenvalue weighted by Crippen LogP contribution is -2.48. The quantitative estimate of drug-likeness (QED) is 0.659. The normalized spacial score (nSPS) is 24.9. The minimum absolute atomic E-state index is 0.116. The van der Waals surface area contributed by atoms with Crippen molar-refractivity contribution in [1.82, 2.24) is 5.32 Å². The minimum Gasteiger partial charge on any atom is -0.474 e. The maximum atomic E-state index is 12.4. The second kappa shape index (κ2) is 7.64. The van der Waals surface area contributed by atoms with Crippen LogP contribution in [0.25, 0.3) is 0 Å². The van der Waals surface area contributed by atoms with E-state index in [1.807, 2.05) is 0 Å². The highest BCUT2D eigenvalue weighted by Crippen LogP contribution is 2.30. The van der Waals surface area contributed by atoms with Gasteiger partial charge in [-0.3, -0.25) is 14.9 Å². The molecule has 0 radical (unpaired) electrons. The third-order valence-electron chi connectivity index (χ3n) is 5.02. The number of amides is 1. The first kappa shape index (κ1) is 18.2. The molecule has 2 rings (SSSR count). The van der Waals surface area contributed by atoms with Crippen LogP contribution < -0.4 is 10.1 Å². The Bertz CT molecular complexity index is 617. The number of rotatable bonds is 5. The Kier molecular flexibility index (Phi) is 5.80. The number of ether oxygens (including phenoxy) is 1. The number of nitro benzene ring substituents is 1. The summed E-state index contributed by atoms with van der Waals surface area (Å²) < 4.78 is 5.57. The lowest BCUT2D eigenvalue weighted by molar-refractivity contribution is -0.386. The number of hydrogen-bond acceptors (Lipinski definition) is 4. The Morgan fingerprint density at radius 1 is 1.38 bits per heavy atom. The van der Waals surface area contributed by atoms with Gasteiger partial charge in [0.05, 0.1) is 4.92 Å². The van der Waals surface area contributed by atoms with Gasteiger partial charge in [-0.05, 0) is 43.7 Å². The average molecular weight is 334 g/mol. The van der Waals surface area contributed by atoms with Crippen molar-refractivity contribution in [3.8, 4) is 5.75 Å². The fourth-order valence-corrected chi connectivity index (χ4v) is 3.20. The molecule has 1 fully saturated rings. The number of benzene rings is 1. The zero-order valence-electron chi connectivity index (χ0n) is 14.7. The monoisotopic (exact) mass is 334 g/mol. The first-order valence-electron chi connectivity index (χ1n) is 8.51. The molecule has 6 heteroatoms. The summed E-state index contributed by atoms with van der Waals surface area (Å²) in [5, 5.41) is 14.2. The van der Waals surface area contributed by atoms with Gasteiger partial charge in [-0.1, -0.05) is 32.8 Å². The molecule has 1 aliphatic rings. The molecule has 0 spiro atoms. The van der Waals surface area contributed by atoms with E-state index in [1.165, 1.54) is 12.5 Å². The van der Waals surface area contributed by atoms with E-state index in [2.05, 4.69) is 19.2 Å². The Morgan fingerprint density at radius 2 is 2.08 bits per heavy atom. The van der Waals surface area contributed by atoms with Crippen LogP contribution in [0.2, 0.25) is 0 Å². The van der Waals surface area contributed by atoms with E-state index in [4.69, 9.17) is 4.74 Å². The maximum absolute atomic E-state index is 12.4. The number of nitrogens with zero attached hydrogens (tertiary/aromatic N) is 1. The van der Waals surface area contributed by atoms with E-state index in [9.17, 15) is 14.9 Å². The molecule has 1 aromatic carbocycles. The first-order chi connectivity index (χ1) is 11.3. The number of nitro groups is 1. The van der Waals surface area contributed by atoms with E-state index < -0.39 is 11.0 Å². The predicted molar refractivity (Wildman–Crippen MR) is 92.0 cm³/mol. The molecule has 24 heavy (non-hydrogen) atoms. The Balaban J connectivity index is 2.03. The van der Waals surface area contributed by atoms with Gasteiger partial charge in [0.1, 0.15) is 0 Å². The van der Waals surface area contributed by atoms with Crippen molar-refractivity contribution in [2.24, 2.45) is 11.8 Å². The van der Waals surface area contributed by atoms with Crippen LogP contribution in [0.1, 0.15) is 45.6 Å². The summed E-state index contributed by atoms with van der Waals surface area (Å²) in [7, 11) is 0. The van der Waals surface area contributed by atoms with Crippen LogP contribution in [-0.4, -0.2) is 23.0 Å². The van der Waals surface area contributed by atoms with Crippen molar-refractivity contribution in [2.45, 2.75) is 59.1 Å². The lowest BCUT2D eigenvalue weighted by atomic mass is 9.78.